The van der Waals surface area contributed by atoms with Crippen LogP contribution < -0.4 is 5.11 Å². The molecule has 0 aliphatic heterocycles. The van der Waals surface area contributed by atoms with E-state index in [1.54, 1.807) is 0 Å². The number of hydrogen-bond acceptors (Lipinski definition) is 3. The van der Waals surface area contributed by atoms with E-state index in [1.165, 1.54) is 0 Å². The maximum Gasteiger partial charge on any atom is 0.156 e. The van der Waals surface area contributed by atoms with Crippen molar-refractivity contribution in [2.75, 3.05) is 19.8 Å². The lowest BCUT2D eigenvalue weighted by atomic mass is 10.4. The smallest absolute Gasteiger partial charge is 0.156 e. The largest absolute Gasteiger partial charge is 0.854 e. The van der Waals surface area contributed by atoms with E-state index in [1.807, 2.05) is 13.8 Å². The Bertz CT molecular complexity index is 51.6. The van der Waals surface area contributed by atoms with Crippen LogP contribution in [0.5, 0.6) is 0 Å². The maximum absolute atomic E-state index is 10.1. The number of ether oxygens (including phenoxy) is 2. The Morgan fingerprint density at radius 3 is 2.00 bits per heavy atom. The fourth-order valence-electron chi connectivity index (χ4n) is 0.683. The average molecular weight is 147 g/mol. The quantitative estimate of drug-likeness (QED) is 0.502. The van der Waals surface area contributed by atoms with Crippen LogP contribution in [0.25, 0.3) is 0 Å². The van der Waals surface area contributed by atoms with Crippen molar-refractivity contribution in [3.05, 3.63) is 0 Å². The third kappa shape index (κ3) is 4.73. The molecule has 0 heterocycles. The molecule has 0 aliphatic rings. The van der Waals surface area contributed by atoms with Gasteiger partial charge >= 0.3 is 0 Å². The van der Waals surface area contributed by atoms with Crippen molar-refractivity contribution < 1.29 is 14.6 Å². The Morgan fingerprint density at radius 2 is 1.70 bits per heavy atom. The van der Waals surface area contributed by atoms with Crippen LogP contribution in [-0.4, -0.2) is 26.1 Å². The molecule has 3 heteroatoms. The van der Waals surface area contributed by atoms with Crippen molar-refractivity contribution in [2.24, 2.45) is 0 Å². The molecule has 0 saturated heterocycles. The zero-order chi connectivity index (χ0) is 7.82. The lowest BCUT2D eigenvalue weighted by molar-refractivity contribution is -0.376. The molecule has 0 saturated carbocycles. The zero-order valence-corrected chi connectivity index (χ0v) is 6.63. The molecule has 0 radical (unpaired) electrons. The first kappa shape index (κ1) is 9.88. The molecule has 10 heavy (non-hydrogen) atoms. The molecule has 0 rings (SSSR count). The molecule has 62 valence electrons. The third-order valence-corrected chi connectivity index (χ3v) is 1.06. The van der Waals surface area contributed by atoms with E-state index in [9.17, 15) is 5.11 Å². The van der Waals surface area contributed by atoms with E-state index in [0.29, 0.717) is 19.6 Å². The van der Waals surface area contributed by atoms with Gasteiger partial charge in [-0.1, -0.05) is 0 Å². The van der Waals surface area contributed by atoms with E-state index in [4.69, 9.17) is 9.47 Å². The monoisotopic (exact) mass is 147 g/mol. The first-order valence-corrected chi connectivity index (χ1v) is 3.66. The van der Waals surface area contributed by atoms with Gasteiger partial charge in [0.05, 0.1) is 0 Å². The molecule has 0 aromatic carbocycles. The highest BCUT2D eigenvalue weighted by Gasteiger charge is 2.02. The van der Waals surface area contributed by atoms with Gasteiger partial charge in [-0.3, -0.25) is 0 Å². The molecule has 0 aromatic heterocycles. The van der Waals surface area contributed by atoms with Gasteiger partial charge in [-0.2, -0.15) is 0 Å². The van der Waals surface area contributed by atoms with Gasteiger partial charge in [0, 0.05) is 13.2 Å². The predicted molar refractivity (Wildman–Crippen MR) is 36.5 cm³/mol. The summed E-state index contributed by atoms with van der Waals surface area (Å²) in [6, 6.07) is 0. The van der Waals surface area contributed by atoms with Crippen molar-refractivity contribution in [3.63, 3.8) is 0 Å². The SMILES string of the molecule is CCOC(CC[O-])OCC. The van der Waals surface area contributed by atoms with Gasteiger partial charge in [-0.15, -0.1) is 6.61 Å². The zero-order valence-electron chi connectivity index (χ0n) is 6.63. The van der Waals surface area contributed by atoms with Gasteiger partial charge in [0.2, 0.25) is 0 Å². The average Bonchev–Trinajstić information content (AvgIpc) is 1.90. The maximum atomic E-state index is 10.1. The lowest BCUT2D eigenvalue weighted by Crippen LogP contribution is -2.22. The van der Waals surface area contributed by atoms with Crippen LogP contribution in [0.2, 0.25) is 0 Å². The Labute approximate surface area is 62.0 Å². The summed E-state index contributed by atoms with van der Waals surface area (Å²) < 4.78 is 10.2. The summed E-state index contributed by atoms with van der Waals surface area (Å²) in [5.41, 5.74) is 0. The minimum absolute atomic E-state index is 0.134. The molecule has 0 amide bonds. The van der Waals surface area contributed by atoms with Crippen LogP contribution in [-0.2, 0) is 9.47 Å². The van der Waals surface area contributed by atoms with Crippen LogP contribution in [0.4, 0.5) is 0 Å². The molecule has 0 unspecified atom stereocenters. The summed E-state index contributed by atoms with van der Waals surface area (Å²) in [5.74, 6) is 0. The fourth-order valence-corrected chi connectivity index (χ4v) is 0.683. The fraction of sp³-hybridized carbons (Fsp3) is 1.00. The van der Waals surface area contributed by atoms with Crippen LogP contribution in [0, 0.1) is 0 Å². The van der Waals surface area contributed by atoms with Crippen molar-refractivity contribution >= 4 is 0 Å². The van der Waals surface area contributed by atoms with Gasteiger partial charge in [0.25, 0.3) is 0 Å². The lowest BCUT2D eigenvalue weighted by Gasteiger charge is -2.17. The molecule has 0 spiro atoms. The second-order valence-electron chi connectivity index (χ2n) is 1.83. The van der Waals surface area contributed by atoms with Gasteiger partial charge in [-0.25, -0.2) is 0 Å². The van der Waals surface area contributed by atoms with E-state index >= 15 is 0 Å². The molecule has 3 nitrogen and oxygen atoms in total. The molecule has 0 atom stereocenters. The summed E-state index contributed by atoms with van der Waals surface area (Å²) >= 11 is 0. The van der Waals surface area contributed by atoms with Crippen molar-refractivity contribution in [3.8, 4) is 0 Å². The van der Waals surface area contributed by atoms with Crippen LogP contribution in [0.1, 0.15) is 20.3 Å². The standard InChI is InChI=1S/C7H15O3/c1-3-9-7(5-6-8)10-4-2/h7H,3-6H2,1-2H3/q-1. The molecular formula is C7H15O3-. The predicted octanol–water partition coefficient (Wildman–Crippen LogP) is 0.136. The summed E-state index contributed by atoms with van der Waals surface area (Å²) in [5, 5.41) is 10.1. The Morgan fingerprint density at radius 1 is 1.20 bits per heavy atom. The molecule has 0 aliphatic carbocycles. The van der Waals surface area contributed by atoms with E-state index in [0.717, 1.165) is 0 Å². The van der Waals surface area contributed by atoms with Gasteiger partial charge in [-0.05, 0) is 20.3 Å². The summed E-state index contributed by atoms with van der Waals surface area (Å²) in [4.78, 5) is 0. The highest BCUT2D eigenvalue weighted by molar-refractivity contribution is 4.40. The minimum Gasteiger partial charge on any atom is -0.854 e. The topological polar surface area (TPSA) is 41.5 Å². The van der Waals surface area contributed by atoms with Crippen LogP contribution in [0.15, 0.2) is 0 Å². The van der Waals surface area contributed by atoms with Crippen LogP contribution in [0.3, 0.4) is 0 Å². The van der Waals surface area contributed by atoms with Crippen molar-refractivity contribution in [2.45, 2.75) is 26.6 Å². The normalized spacial score (nSPS) is 10.8. The summed E-state index contributed by atoms with van der Waals surface area (Å²) in [6.45, 7) is 4.84. The Hall–Kier alpha value is -0.120. The second kappa shape index (κ2) is 6.99. The van der Waals surface area contributed by atoms with Gasteiger partial charge in [0.15, 0.2) is 6.29 Å². The van der Waals surface area contributed by atoms with Crippen LogP contribution >= 0.6 is 0 Å². The minimum atomic E-state index is -0.285. The third-order valence-electron chi connectivity index (χ3n) is 1.06. The molecular weight excluding hydrogens is 132 g/mol. The van der Waals surface area contributed by atoms with E-state index in [-0.39, 0.29) is 12.9 Å². The highest BCUT2D eigenvalue weighted by atomic mass is 16.7. The Kier molecular flexibility index (Phi) is 6.91. The molecule has 0 aromatic rings. The highest BCUT2D eigenvalue weighted by Crippen LogP contribution is 1.98. The summed E-state index contributed by atoms with van der Waals surface area (Å²) in [7, 11) is 0. The van der Waals surface area contributed by atoms with Gasteiger partial charge in [0.1, 0.15) is 0 Å². The van der Waals surface area contributed by atoms with Crippen molar-refractivity contribution in [1.82, 2.24) is 0 Å². The van der Waals surface area contributed by atoms with Crippen molar-refractivity contribution in [1.29, 1.82) is 0 Å². The van der Waals surface area contributed by atoms with E-state index < -0.39 is 0 Å². The summed E-state index contributed by atoms with van der Waals surface area (Å²) in [6.07, 6.45) is 0.161. The second-order valence-corrected chi connectivity index (χ2v) is 1.83. The number of hydrogen-bond donors (Lipinski definition) is 0. The Balaban J connectivity index is 3.30. The number of rotatable bonds is 6. The molecule has 0 N–H and O–H groups in total. The first-order chi connectivity index (χ1) is 4.85. The first-order valence-electron chi connectivity index (χ1n) is 3.66. The molecule has 0 fully saturated rings. The molecule has 0 bridgehead atoms. The van der Waals surface area contributed by atoms with Gasteiger partial charge < -0.3 is 14.6 Å². The van der Waals surface area contributed by atoms with E-state index in [2.05, 4.69) is 0 Å².